The van der Waals surface area contributed by atoms with Crippen molar-refractivity contribution in [3.8, 4) is 0 Å². The number of nitrogens with zero attached hydrogens (tertiary/aromatic N) is 1. The molecule has 23 heavy (non-hydrogen) atoms. The molecule has 0 bridgehead atoms. The lowest BCUT2D eigenvalue weighted by Gasteiger charge is -2.23. The number of nitrogens with one attached hydrogen (secondary N) is 2. The number of aromatic nitrogens is 1. The number of amides is 2. The van der Waals surface area contributed by atoms with Crippen LogP contribution in [0.3, 0.4) is 0 Å². The van der Waals surface area contributed by atoms with Crippen molar-refractivity contribution >= 4 is 22.9 Å². The molecule has 3 rings (SSSR count). The molecule has 0 saturated heterocycles. The summed E-state index contributed by atoms with van der Waals surface area (Å²) >= 11 is 0. The van der Waals surface area contributed by atoms with E-state index in [9.17, 15) is 9.59 Å². The van der Waals surface area contributed by atoms with Crippen LogP contribution in [0, 0.1) is 0 Å². The number of urea groups is 1. The quantitative estimate of drug-likeness (QED) is 0.813. The lowest BCUT2D eigenvalue weighted by molar-refractivity contribution is -0.139. The van der Waals surface area contributed by atoms with E-state index < -0.39 is 12.0 Å². The fraction of sp³-hybridized carbons (Fsp3) is 0.412. The van der Waals surface area contributed by atoms with Gasteiger partial charge in [-0.25, -0.2) is 9.59 Å². The molecule has 0 fully saturated rings. The van der Waals surface area contributed by atoms with Gasteiger partial charge in [0.25, 0.3) is 0 Å². The fourth-order valence-corrected chi connectivity index (χ4v) is 3.15. The molecular weight excluding hydrogens is 294 g/mol. The van der Waals surface area contributed by atoms with Crippen molar-refractivity contribution in [2.45, 2.75) is 38.8 Å². The average Bonchev–Trinajstić information content (AvgIpc) is 2.74. The van der Waals surface area contributed by atoms with Gasteiger partial charge in [0.05, 0.1) is 6.54 Å². The van der Waals surface area contributed by atoms with E-state index in [-0.39, 0.29) is 6.03 Å². The largest absolute Gasteiger partial charge is 0.480 e. The molecule has 1 aliphatic rings. The third-order valence-electron chi connectivity index (χ3n) is 4.40. The number of H-pyrrole nitrogens is 1. The zero-order valence-electron chi connectivity index (χ0n) is 13.1. The first kappa shape index (κ1) is 15.4. The molecule has 1 aromatic heterocycles. The molecule has 2 heterocycles. The van der Waals surface area contributed by atoms with E-state index in [2.05, 4.69) is 16.4 Å². The number of rotatable bonds is 3. The van der Waals surface area contributed by atoms with Crippen LogP contribution in [0.5, 0.6) is 0 Å². The number of hydrogen-bond donors (Lipinski definition) is 3. The Kier molecular flexibility index (Phi) is 4.23. The number of fused-ring (bicyclic) bond motifs is 3. The summed E-state index contributed by atoms with van der Waals surface area (Å²) in [6, 6.07) is 6.98. The summed E-state index contributed by atoms with van der Waals surface area (Å²) < 4.78 is 0. The number of para-hydroxylation sites is 1. The maximum absolute atomic E-state index is 12.4. The molecule has 1 unspecified atom stereocenters. The van der Waals surface area contributed by atoms with Gasteiger partial charge in [-0.3, -0.25) is 0 Å². The second kappa shape index (κ2) is 6.32. The number of aliphatic carboxylic acids is 1. The lowest BCUT2D eigenvalue weighted by atomic mass is 10.1. The monoisotopic (exact) mass is 315 g/mol. The summed E-state index contributed by atoms with van der Waals surface area (Å²) in [5.41, 5.74) is 3.39. The maximum Gasteiger partial charge on any atom is 0.326 e. The topological polar surface area (TPSA) is 85.4 Å². The van der Waals surface area contributed by atoms with Gasteiger partial charge in [-0.05, 0) is 30.9 Å². The molecule has 0 spiro atoms. The predicted octanol–water partition coefficient (Wildman–Crippen LogP) is 2.49. The van der Waals surface area contributed by atoms with Crippen molar-refractivity contribution in [3.63, 3.8) is 0 Å². The molecule has 3 N–H and O–H groups in total. The van der Waals surface area contributed by atoms with E-state index in [1.165, 1.54) is 10.9 Å². The number of carboxylic acid groups (broad SMARTS) is 1. The Morgan fingerprint density at radius 1 is 1.39 bits per heavy atom. The van der Waals surface area contributed by atoms with E-state index in [0.29, 0.717) is 19.5 Å². The molecule has 6 heteroatoms. The molecule has 122 valence electrons. The second-order valence-corrected chi connectivity index (χ2v) is 5.90. The fourth-order valence-electron chi connectivity index (χ4n) is 3.15. The summed E-state index contributed by atoms with van der Waals surface area (Å²) in [5, 5.41) is 12.9. The predicted molar refractivity (Wildman–Crippen MR) is 87.3 cm³/mol. The summed E-state index contributed by atoms with van der Waals surface area (Å²) in [7, 11) is 0. The maximum atomic E-state index is 12.4. The molecule has 0 aliphatic carbocycles. The van der Waals surface area contributed by atoms with Gasteiger partial charge in [0, 0.05) is 23.1 Å². The Morgan fingerprint density at radius 3 is 2.91 bits per heavy atom. The van der Waals surface area contributed by atoms with Crippen molar-refractivity contribution in [1.29, 1.82) is 0 Å². The first-order chi connectivity index (χ1) is 11.1. The number of aryl methyl sites for hydroxylation is 1. The van der Waals surface area contributed by atoms with Crippen molar-refractivity contribution in [2.24, 2.45) is 0 Å². The van der Waals surface area contributed by atoms with Gasteiger partial charge < -0.3 is 20.3 Å². The van der Waals surface area contributed by atoms with Crippen LogP contribution in [0.4, 0.5) is 4.79 Å². The van der Waals surface area contributed by atoms with Crippen molar-refractivity contribution < 1.29 is 14.7 Å². The van der Waals surface area contributed by atoms with E-state index in [0.717, 1.165) is 24.1 Å². The van der Waals surface area contributed by atoms with Gasteiger partial charge in [-0.1, -0.05) is 25.1 Å². The minimum atomic E-state index is -0.998. The minimum Gasteiger partial charge on any atom is -0.480 e. The molecule has 1 aliphatic heterocycles. The summed E-state index contributed by atoms with van der Waals surface area (Å²) in [6.45, 7) is 2.85. The molecule has 6 nitrogen and oxygen atoms in total. The van der Waals surface area contributed by atoms with Crippen LogP contribution in [0.2, 0.25) is 0 Å². The first-order valence-corrected chi connectivity index (χ1v) is 7.97. The van der Waals surface area contributed by atoms with E-state index in [1.807, 2.05) is 18.2 Å². The van der Waals surface area contributed by atoms with Crippen molar-refractivity contribution in [2.75, 3.05) is 6.54 Å². The van der Waals surface area contributed by atoms with Gasteiger partial charge in [0.2, 0.25) is 0 Å². The van der Waals surface area contributed by atoms with E-state index in [4.69, 9.17) is 5.11 Å². The highest BCUT2D eigenvalue weighted by Crippen LogP contribution is 2.27. The number of hydrogen-bond acceptors (Lipinski definition) is 2. The third kappa shape index (κ3) is 3.02. The van der Waals surface area contributed by atoms with Gasteiger partial charge in [-0.2, -0.15) is 0 Å². The molecular formula is C17H21N3O3. The Bertz CT molecular complexity index is 738. The normalized spacial score (nSPS) is 15.8. The number of benzene rings is 1. The third-order valence-corrected chi connectivity index (χ3v) is 4.40. The van der Waals surface area contributed by atoms with Crippen LogP contribution < -0.4 is 5.32 Å². The minimum absolute atomic E-state index is 0.314. The zero-order valence-corrected chi connectivity index (χ0v) is 13.1. The standard InChI is InChI=1S/C17H21N3O3/c1-2-13(16(21)22)19-17(23)20-9-5-7-12-11-6-3-4-8-14(11)18-15(12)10-20/h3-4,6,8,13,18H,2,5,7,9-10H2,1H3,(H,19,23)(H,21,22). The van der Waals surface area contributed by atoms with Gasteiger partial charge in [0.15, 0.2) is 0 Å². The molecule has 0 saturated carbocycles. The molecule has 2 aromatic rings. The Balaban J connectivity index is 1.80. The van der Waals surface area contributed by atoms with Crippen LogP contribution in [0.15, 0.2) is 24.3 Å². The summed E-state index contributed by atoms with van der Waals surface area (Å²) in [5.74, 6) is -0.998. The van der Waals surface area contributed by atoms with Crippen LogP contribution >= 0.6 is 0 Å². The smallest absolute Gasteiger partial charge is 0.326 e. The highest BCUT2D eigenvalue weighted by Gasteiger charge is 2.25. The SMILES string of the molecule is CCC(NC(=O)N1CCCc2c([nH]c3ccccc23)C1)C(=O)O. The number of carbonyl (C=O) groups is 2. The Hall–Kier alpha value is -2.50. The Labute approximate surface area is 134 Å². The number of carbonyl (C=O) groups excluding carboxylic acids is 1. The van der Waals surface area contributed by atoms with Crippen LogP contribution in [0.1, 0.15) is 31.0 Å². The molecule has 1 atom stereocenters. The number of carboxylic acids is 1. The van der Waals surface area contributed by atoms with Crippen LogP contribution in [-0.4, -0.2) is 39.6 Å². The van der Waals surface area contributed by atoms with Gasteiger partial charge >= 0.3 is 12.0 Å². The van der Waals surface area contributed by atoms with Crippen molar-refractivity contribution in [1.82, 2.24) is 15.2 Å². The summed E-state index contributed by atoms with van der Waals surface area (Å²) in [6.07, 6.45) is 2.15. The highest BCUT2D eigenvalue weighted by atomic mass is 16.4. The van der Waals surface area contributed by atoms with E-state index in [1.54, 1.807) is 11.8 Å². The van der Waals surface area contributed by atoms with E-state index >= 15 is 0 Å². The lowest BCUT2D eigenvalue weighted by Crippen LogP contribution is -2.47. The van der Waals surface area contributed by atoms with Gasteiger partial charge in [0.1, 0.15) is 6.04 Å². The van der Waals surface area contributed by atoms with Crippen LogP contribution in [0.25, 0.3) is 10.9 Å². The number of aromatic amines is 1. The van der Waals surface area contributed by atoms with Crippen LogP contribution in [-0.2, 0) is 17.8 Å². The second-order valence-electron chi connectivity index (χ2n) is 5.90. The zero-order chi connectivity index (χ0) is 16.4. The molecule has 2 amide bonds. The Morgan fingerprint density at radius 2 is 2.17 bits per heavy atom. The first-order valence-electron chi connectivity index (χ1n) is 7.97. The van der Waals surface area contributed by atoms with Gasteiger partial charge in [-0.15, -0.1) is 0 Å². The molecule has 1 aromatic carbocycles. The summed E-state index contributed by atoms with van der Waals surface area (Å²) in [4.78, 5) is 28.6. The van der Waals surface area contributed by atoms with Crippen molar-refractivity contribution in [3.05, 3.63) is 35.5 Å². The molecule has 0 radical (unpaired) electrons. The highest BCUT2D eigenvalue weighted by molar-refractivity contribution is 5.85. The average molecular weight is 315 g/mol.